The standard InChI is InChI=1S/C10H17N5O2/c1-11-6-8-13-14-10(17-8)15-5-3-4-7(15)9(16)12-2/h7,11H,3-6H2,1-2H3,(H,12,16). The van der Waals surface area contributed by atoms with Gasteiger partial charge in [0.2, 0.25) is 11.8 Å². The van der Waals surface area contributed by atoms with Gasteiger partial charge in [-0.2, -0.15) is 0 Å². The zero-order valence-electron chi connectivity index (χ0n) is 10.1. The molecule has 0 radical (unpaired) electrons. The van der Waals surface area contributed by atoms with E-state index in [1.54, 1.807) is 7.05 Å². The molecule has 1 aliphatic heterocycles. The third-order valence-electron chi connectivity index (χ3n) is 2.83. The molecule has 1 unspecified atom stereocenters. The summed E-state index contributed by atoms with van der Waals surface area (Å²) in [6.07, 6.45) is 1.78. The van der Waals surface area contributed by atoms with Crippen LogP contribution >= 0.6 is 0 Å². The number of nitrogens with one attached hydrogen (secondary N) is 2. The van der Waals surface area contributed by atoms with E-state index in [1.165, 1.54) is 0 Å². The SMILES string of the molecule is CNCc1nnc(N2CCCC2C(=O)NC)o1. The highest BCUT2D eigenvalue weighted by Gasteiger charge is 2.33. The first-order chi connectivity index (χ1) is 8.26. The average molecular weight is 239 g/mol. The number of carbonyl (C=O) groups excluding carboxylic acids is 1. The van der Waals surface area contributed by atoms with E-state index in [1.807, 2.05) is 11.9 Å². The van der Waals surface area contributed by atoms with Crippen molar-refractivity contribution in [1.82, 2.24) is 20.8 Å². The number of likely N-dealkylation sites (N-methyl/N-ethyl adjacent to an activating group) is 1. The van der Waals surface area contributed by atoms with Crippen LogP contribution < -0.4 is 15.5 Å². The minimum Gasteiger partial charge on any atom is -0.407 e. The fourth-order valence-corrected chi connectivity index (χ4v) is 2.02. The molecule has 2 rings (SSSR count). The van der Waals surface area contributed by atoms with Crippen LogP contribution in [0.1, 0.15) is 18.7 Å². The van der Waals surface area contributed by atoms with Crippen molar-refractivity contribution in [1.29, 1.82) is 0 Å². The molecule has 0 spiro atoms. The number of carbonyl (C=O) groups is 1. The van der Waals surface area contributed by atoms with Crippen LogP contribution in [0.25, 0.3) is 0 Å². The van der Waals surface area contributed by atoms with Crippen LogP contribution in [-0.4, -0.2) is 42.8 Å². The second kappa shape index (κ2) is 5.13. The molecule has 7 heteroatoms. The monoisotopic (exact) mass is 239 g/mol. The summed E-state index contributed by atoms with van der Waals surface area (Å²) in [6.45, 7) is 1.31. The Labute approximate surface area is 99.6 Å². The number of hydrogen-bond acceptors (Lipinski definition) is 6. The van der Waals surface area contributed by atoms with E-state index in [9.17, 15) is 4.79 Å². The van der Waals surface area contributed by atoms with Crippen molar-refractivity contribution >= 4 is 11.9 Å². The second-order valence-corrected chi connectivity index (χ2v) is 3.97. The fourth-order valence-electron chi connectivity index (χ4n) is 2.02. The Balaban J connectivity index is 2.11. The lowest BCUT2D eigenvalue weighted by molar-refractivity contribution is -0.121. The molecule has 2 heterocycles. The molecule has 0 bridgehead atoms. The first kappa shape index (κ1) is 11.8. The zero-order chi connectivity index (χ0) is 12.3. The molecule has 1 aromatic heterocycles. The normalized spacial score (nSPS) is 19.6. The molecule has 1 aliphatic rings. The number of aromatic nitrogens is 2. The lowest BCUT2D eigenvalue weighted by Crippen LogP contribution is -2.42. The van der Waals surface area contributed by atoms with Crippen molar-refractivity contribution in [3.05, 3.63) is 5.89 Å². The van der Waals surface area contributed by atoms with Crippen molar-refractivity contribution in [2.45, 2.75) is 25.4 Å². The summed E-state index contributed by atoms with van der Waals surface area (Å²) in [6, 6.07) is 0.240. The van der Waals surface area contributed by atoms with Crippen molar-refractivity contribution in [3.63, 3.8) is 0 Å². The van der Waals surface area contributed by atoms with Gasteiger partial charge in [-0.1, -0.05) is 5.10 Å². The maximum atomic E-state index is 11.7. The lowest BCUT2D eigenvalue weighted by Gasteiger charge is -2.20. The van der Waals surface area contributed by atoms with Crippen LogP contribution in [0.4, 0.5) is 6.01 Å². The Hall–Kier alpha value is -1.63. The van der Waals surface area contributed by atoms with Crippen LogP contribution in [0.5, 0.6) is 0 Å². The van der Waals surface area contributed by atoms with Crippen LogP contribution in [0.15, 0.2) is 4.42 Å². The molecule has 1 saturated heterocycles. The van der Waals surface area contributed by atoms with Gasteiger partial charge in [-0.3, -0.25) is 4.79 Å². The summed E-state index contributed by atoms with van der Waals surface area (Å²) in [7, 11) is 3.45. The summed E-state index contributed by atoms with van der Waals surface area (Å²) in [5.74, 6) is 0.529. The number of rotatable bonds is 4. The summed E-state index contributed by atoms with van der Waals surface area (Å²) in [5, 5.41) is 13.5. The Morgan fingerprint density at radius 3 is 3.06 bits per heavy atom. The van der Waals surface area contributed by atoms with E-state index in [2.05, 4.69) is 20.8 Å². The molecular formula is C10H17N5O2. The molecule has 0 saturated carbocycles. The molecule has 0 aromatic carbocycles. The second-order valence-electron chi connectivity index (χ2n) is 3.97. The smallest absolute Gasteiger partial charge is 0.318 e. The topological polar surface area (TPSA) is 83.3 Å². The Bertz CT molecular complexity index is 392. The van der Waals surface area contributed by atoms with Gasteiger partial charge in [-0.05, 0) is 19.9 Å². The molecule has 0 aliphatic carbocycles. The van der Waals surface area contributed by atoms with Crippen molar-refractivity contribution in [3.8, 4) is 0 Å². The van der Waals surface area contributed by atoms with Crippen LogP contribution in [0, 0.1) is 0 Å². The molecule has 2 N–H and O–H groups in total. The highest BCUT2D eigenvalue weighted by atomic mass is 16.4. The van der Waals surface area contributed by atoms with Gasteiger partial charge in [0.25, 0.3) is 0 Å². The highest BCUT2D eigenvalue weighted by molar-refractivity contribution is 5.84. The molecule has 1 fully saturated rings. The predicted molar refractivity (Wildman–Crippen MR) is 61.5 cm³/mol. The van der Waals surface area contributed by atoms with E-state index in [0.29, 0.717) is 18.5 Å². The summed E-state index contributed by atoms with van der Waals surface area (Å²) >= 11 is 0. The van der Waals surface area contributed by atoms with E-state index >= 15 is 0 Å². The lowest BCUT2D eigenvalue weighted by atomic mass is 10.2. The quantitative estimate of drug-likeness (QED) is 0.737. The molecule has 1 aromatic rings. The first-order valence-electron chi connectivity index (χ1n) is 5.71. The van der Waals surface area contributed by atoms with Gasteiger partial charge in [-0.15, -0.1) is 5.10 Å². The first-order valence-corrected chi connectivity index (χ1v) is 5.71. The van der Waals surface area contributed by atoms with E-state index in [0.717, 1.165) is 19.4 Å². The molecule has 1 amide bonds. The molecule has 7 nitrogen and oxygen atoms in total. The Kier molecular flexibility index (Phi) is 3.58. The van der Waals surface area contributed by atoms with Gasteiger partial charge < -0.3 is 20.0 Å². The van der Waals surface area contributed by atoms with Gasteiger partial charge in [-0.25, -0.2) is 0 Å². The average Bonchev–Trinajstić information content (AvgIpc) is 2.95. The zero-order valence-corrected chi connectivity index (χ0v) is 10.1. The number of nitrogens with zero attached hydrogens (tertiary/aromatic N) is 3. The number of amides is 1. The third-order valence-corrected chi connectivity index (χ3v) is 2.83. The maximum absolute atomic E-state index is 11.7. The van der Waals surface area contributed by atoms with Gasteiger partial charge in [0.05, 0.1) is 6.54 Å². The Morgan fingerprint density at radius 2 is 2.35 bits per heavy atom. The minimum absolute atomic E-state index is 0.00383. The van der Waals surface area contributed by atoms with Crippen LogP contribution in [-0.2, 0) is 11.3 Å². The highest BCUT2D eigenvalue weighted by Crippen LogP contribution is 2.24. The van der Waals surface area contributed by atoms with Crippen molar-refractivity contribution in [2.24, 2.45) is 0 Å². The largest absolute Gasteiger partial charge is 0.407 e. The summed E-state index contributed by atoms with van der Waals surface area (Å²) in [5.41, 5.74) is 0. The summed E-state index contributed by atoms with van der Waals surface area (Å²) in [4.78, 5) is 13.5. The number of hydrogen-bond donors (Lipinski definition) is 2. The minimum atomic E-state index is -0.192. The third kappa shape index (κ3) is 2.38. The van der Waals surface area contributed by atoms with Crippen molar-refractivity contribution in [2.75, 3.05) is 25.5 Å². The molecule has 1 atom stereocenters. The molecular weight excluding hydrogens is 222 g/mol. The van der Waals surface area contributed by atoms with Gasteiger partial charge in [0, 0.05) is 13.6 Å². The van der Waals surface area contributed by atoms with Crippen LogP contribution in [0.3, 0.4) is 0 Å². The van der Waals surface area contributed by atoms with Crippen molar-refractivity contribution < 1.29 is 9.21 Å². The van der Waals surface area contributed by atoms with Gasteiger partial charge in [0.1, 0.15) is 6.04 Å². The van der Waals surface area contributed by atoms with E-state index < -0.39 is 0 Å². The van der Waals surface area contributed by atoms with Gasteiger partial charge in [0.15, 0.2) is 0 Å². The predicted octanol–water partition coefficient (Wildman–Crippen LogP) is -0.496. The van der Waals surface area contributed by atoms with Crippen LogP contribution in [0.2, 0.25) is 0 Å². The van der Waals surface area contributed by atoms with E-state index in [-0.39, 0.29) is 11.9 Å². The Morgan fingerprint density at radius 1 is 1.53 bits per heavy atom. The van der Waals surface area contributed by atoms with Gasteiger partial charge >= 0.3 is 6.01 Å². The summed E-state index contributed by atoms with van der Waals surface area (Å²) < 4.78 is 5.49. The molecule has 17 heavy (non-hydrogen) atoms. The molecule has 94 valence electrons. The number of anilines is 1. The maximum Gasteiger partial charge on any atom is 0.318 e. The fraction of sp³-hybridized carbons (Fsp3) is 0.700. The van der Waals surface area contributed by atoms with E-state index in [4.69, 9.17) is 4.42 Å².